The van der Waals surface area contributed by atoms with E-state index in [-0.39, 0.29) is 11.5 Å². The van der Waals surface area contributed by atoms with Crippen LogP contribution in [0, 0.1) is 6.92 Å². The van der Waals surface area contributed by atoms with Gasteiger partial charge in [0.15, 0.2) is 0 Å². The highest BCUT2D eigenvalue weighted by atomic mass is 35.5. The van der Waals surface area contributed by atoms with Crippen LogP contribution in [-0.2, 0) is 4.79 Å². The third-order valence-electron chi connectivity index (χ3n) is 4.50. The normalized spacial score (nSPS) is 12.4. The molecule has 0 bridgehead atoms. The number of fused-ring (bicyclic) bond motifs is 3. The van der Waals surface area contributed by atoms with Crippen molar-refractivity contribution in [2.75, 3.05) is 5.32 Å². The average Bonchev–Trinajstić information content (AvgIpc) is 3.05. The minimum Gasteiger partial charge on any atom is -0.324 e. The summed E-state index contributed by atoms with van der Waals surface area (Å²) in [6.07, 6.45) is 3.10. The number of hydrogen-bond acceptors (Lipinski definition) is 5. The first-order chi connectivity index (χ1) is 13.0. The molecule has 1 N–H and O–H groups in total. The molecule has 4 aromatic rings. The predicted molar refractivity (Wildman–Crippen MR) is 109 cm³/mol. The molecule has 0 saturated heterocycles. The van der Waals surface area contributed by atoms with Crippen LogP contribution in [0.1, 0.15) is 18.5 Å². The van der Waals surface area contributed by atoms with Gasteiger partial charge in [0.25, 0.3) is 5.56 Å². The van der Waals surface area contributed by atoms with Crippen LogP contribution in [0.15, 0.2) is 47.7 Å². The number of thiophene rings is 1. The van der Waals surface area contributed by atoms with Gasteiger partial charge in [-0.25, -0.2) is 9.97 Å². The highest BCUT2D eigenvalue weighted by Crippen LogP contribution is 2.28. The van der Waals surface area contributed by atoms with Crippen molar-refractivity contribution in [3.05, 3.63) is 63.8 Å². The molecule has 6 nitrogen and oxygen atoms in total. The standard InChI is InChI=1S/C19H15ClN4O2S/c1-10-13(20)6-3-7-14(10)23-17(25)11(2)24-9-22-15-12-5-4-8-21-18(12)27-16(15)19(24)26/h3-9,11H,1-2H3,(H,23,25)/t11-/m0/s1. The molecular weight excluding hydrogens is 384 g/mol. The maximum atomic E-state index is 12.9. The van der Waals surface area contributed by atoms with Crippen molar-refractivity contribution >= 4 is 55.0 Å². The minimum atomic E-state index is -0.731. The first-order valence-electron chi connectivity index (χ1n) is 8.27. The summed E-state index contributed by atoms with van der Waals surface area (Å²) in [6, 6.07) is 8.26. The molecule has 27 heavy (non-hydrogen) atoms. The van der Waals surface area contributed by atoms with Gasteiger partial charge in [-0.2, -0.15) is 0 Å². The molecule has 0 saturated carbocycles. The molecule has 3 aromatic heterocycles. The van der Waals surface area contributed by atoms with Crippen LogP contribution >= 0.6 is 22.9 Å². The largest absolute Gasteiger partial charge is 0.324 e. The van der Waals surface area contributed by atoms with Crippen LogP contribution in [0.4, 0.5) is 5.69 Å². The summed E-state index contributed by atoms with van der Waals surface area (Å²) in [4.78, 5) is 35.0. The number of hydrogen-bond donors (Lipinski definition) is 1. The SMILES string of the molecule is Cc1c(Cl)cccc1NC(=O)[C@H](C)n1cnc2c(sc3ncccc32)c1=O. The zero-order valence-corrected chi connectivity index (χ0v) is 16.1. The third-order valence-corrected chi connectivity index (χ3v) is 6.00. The molecular formula is C19H15ClN4O2S. The van der Waals surface area contributed by atoms with Gasteiger partial charge in [0.05, 0.1) is 11.8 Å². The molecule has 1 amide bonds. The van der Waals surface area contributed by atoms with E-state index in [2.05, 4.69) is 15.3 Å². The van der Waals surface area contributed by atoms with E-state index in [0.717, 1.165) is 15.8 Å². The van der Waals surface area contributed by atoms with E-state index in [9.17, 15) is 9.59 Å². The van der Waals surface area contributed by atoms with Gasteiger partial charge in [0.1, 0.15) is 15.6 Å². The van der Waals surface area contributed by atoms with E-state index in [1.807, 2.05) is 19.1 Å². The number of halogens is 1. The van der Waals surface area contributed by atoms with E-state index in [0.29, 0.717) is 20.9 Å². The van der Waals surface area contributed by atoms with Crippen LogP contribution in [-0.4, -0.2) is 20.4 Å². The third kappa shape index (κ3) is 2.98. The van der Waals surface area contributed by atoms with Crippen LogP contribution in [0.2, 0.25) is 5.02 Å². The number of aromatic nitrogens is 3. The van der Waals surface area contributed by atoms with E-state index in [1.165, 1.54) is 22.2 Å². The smallest absolute Gasteiger partial charge is 0.272 e. The lowest BCUT2D eigenvalue weighted by molar-refractivity contribution is -0.118. The van der Waals surface area contributed by atoms with Crippen LogP contribution in [0.3, 0.4) is 0 Å². The summed E-state index contributed by atoms with van der Waals surface area (Å²) in [6.45, 7) is 3.49. The summed E-state index contributed by atoms with van der Waals surface area (Å²) in [5, 5.41) is 4.24. The van der Waals surface area contributed by atoms with E-state index < -0.39 is 6.04 Å². The number of anilines is 1. The second-order valence-electron chi connectivity index (χ2n) is 6.17. The number of carbonyl (C=O) groups is 1. The molecule has 4 rings (SSSR count). The Hall–Kier alpha value is -2.77. The fourth-order valence-corrected chi connectivity index (χ4v) is 4.07. The Kier molecular flexibility index (Phi) is 4.41. The summed E-state index contributed by atoms with van der Waals surface area (Å²) < 4.78 is 1.83. The Morgan fingerprint density at radius 1 is 1.26 bits per heavy atom. The monoisotopic (exact) mass is 398 g/mol. The van der Waals surface area contributed by atoms with Gasteiger partial charge in [0, 0.05) is 22.3 Å². The fraction of sp³-hybridized carbons (Fsp3) is 0.158. The average molecular weight is 399 g/mol. The molecule has 1 atom stereocenters. The second kappa shape index (κ2) is 6.75. The first-order valence-corrected chi connectivity index (χ1v) is 9.47. The molecule has 0 aliphatic rings. The van der Waals surface area contributed by atoms with E-state index in [4.69, 9.17) is 11.6 Å². The van der Waals surface area contributed by atoms with Crippen LogP contribution in [0.5, 0.6) is 0 Å². The van der Waals surface area contributed by atoms with Gasteiger partial charge in [-0.1, -0.05) is 17.7 Å². The second-order valence-corrected chi connectivity index (χ2v) is 7.58. The number of benzene rings is 1. The van der Waals surface area contributed by atoms with Crippen molar-refractivity contribution in [2.24, 2.45) is 0 Å². The van der Waals surface area contributed by atoms with Crippen LogP contribution in [0.25, 0.3) is 20.4 Å². The highest BCUT2D eigenvalue weighted by molar-refractivity contribution is 7.25. The first kappa shape index (κ1) is 17.6. The molecule has 0 fully saturated rings. The zero-order valence-electron chi connectivity index (χ0n) is 14.6. The van der Waals surface area contributed by atoms with Crippen molar-refractivity contribution in [3.63, 3.8) is 0 Å². The van der Waals surface area contributed by atoms with Crippen LogP contribution < -0.4 is 10.9 Å². The van der Waals surface area contributed by atoms with Gasteiger partial charge in [-0.05, 0) is 43.7 Å². The van der Waals surface area contributed by atoms with Gasteiger partial charge < -0.3 is 5.32 Å². The van der Waals surface area contributed by atoms with Crippen molar-refractivity contribution in [1.29, 1.82) is 0 Å². The molecule has 0 aliphatic heterocycles. The maximum absolute atomic E-state index is 12.9. The van der Waals surface area contributed by atoms with Crippen molar-refractivity contribution in [2.45, 2.75) is 19.9 Å². The quantitative estimate of drug-likeness (QED) is 0.562. The van der Waals surface area contributed by atoms with Gasteiger partial charge in [0.2, 0.25) is 5.91 Å². The van der Waals surface area contributed by atoms with E-state index in [1.54, 1.807) is 31.3 Å². The van der Waals surface area contributed by atoms with E-state index >= 15 is 0 Å². The Morgan fingerprint density at radius 3 is 2.89 bits per heavy atom. The van der Waals surface area contributed by atoms with Gasteiger partial charge in [-0.15, -0.1) is 11.3 Å². The summed E-state index contributed by atoms with van der Waals surface area (Å²) in [5.41, 5.74) is 1.75. The molecule has 0 radical (unpaired) electrons. The lowest BCUT2D eigenvalue weighted by Gasteiger charge is -2.16. The molecule has 3 heterocycles. The Balaban J connectivity index is 1.72. The number of pyridine rings is 1. The van der Waals surface area contributed by atoms with Crippen molar-refractivity contribution < 1.29 is 4.79 Å². The number of nitrogens with one attached hydrogen (secondary N) is 1. The zero-order chi connectivity index (χ0) is 19.1. The molecule has 0 spiro atoms. The summed E-state index contributed by atoms with van der Waals surface area (Å²) >= 11 is 7.39. The lowest BCUT2D eigenvalue weighted by Crippen LogP contribution is -2.31. The number of carbonyl (C=O) groups excluding carboxylic acids is 1. The fourth-order valence-electron chi connectivity index (χ4n) is 2.86. The predicted octanol–water partition coefficient (Wildman–Crippen LogP) is 4.17. The summed E-state index contributed by atoms with van der Waals surface area (Å²) in [5.74, 6) is -0.317. The minimum absolute atomic E-state index is 0.256. The molecule has 0 aliphatic carbocycles. The Morgan fingerprint density at radius 2 is 2.07 bits per heavy atom. The van der Waals surface area contributed by atoms with Crippen molar-refractivity contribution in [3.8, 4) is 0 Å². The molecule has 0 unspecified atom stereocenters. The lowest BCUT2D eigenvalue weighted by atomic mass is 10.2. The van der Waals surface area contributed by atoms with Gasteiger partial charge in [-0.3, -0.25) is 14.2 Å². The van der Waals surface area contributed by atoms with Gasteiger partial charge >= 0.3 is 0 Å². The summed E-state index contributed by atoms with van der Waals surface area (Å²) in [7, 11) is 0. The highest BCUT2D eigenvalue weighted by Gasteiger charge is 2.20. The Labute approximate surface area is 163 Å². The topological polar surface area (TPSA) is 76.9 Å². The van der Waals surface area contributed by atoms with Crippen molar-refractivity contribution in [1.82, 2.24) is 14.5 Å². The molecule has 136 valence electrons. The maximum Gasteiger partial charge on any atom is 0.272 e. The number of amides is 1. The molecule has 8 heteroatoms. The Bertz CT molecular complexity index is 1250. The number of rotatable bonds is 3. The number of nitrogens with zero attached hydrogens (tertiary/aromatic N) is 3. The molecule has 1 aromatic carbocycles.